The van der Waals surface area contributed by atoms with Gasteiger partial charge in [-0.2, -0.15) is 10.5 Å². The van der Waals surface area contributed by atoms with Gasteiger partial charge in [0.25, 0.3) is 0 Å². The van der Waals surface area contributed by atoms with Gasteiger partial charge in [-0.05, 0) is 11.1 Å². The Morgan fingerprint density at radius 3 is 1.68 bits per heavy atom. The fourth-order valence-corrected chi connectivity index (χ4v) is 3.08. The van der Waals surface area contributed by atoms with E-state index < -0.39 is 0 Å². The van der Waals surface area contributed by atoms with Gasteiger partial charge in [-0.1, -0.05) is 72.3 Å². The summed E-state index contributed by atoms with van der Waals surface area (Å²) in [5.41, 5.74) is 2.91. The third kappa shape index (κ3) is 2.73. The van der Waals surface area contributed by atoms with Crippen molar-refractivity contribution < 1.29 is 0 Å². The lowest BCUT2D eigenvalue weighted by molar-refractivity contribution is 1.44. The molecule has 0 fully saturated rings. The number of hydrogen-bond acceptors (Lipinski definition) is 2. The molecule has 3 aromatic carbocycles. The summed E-state index contributed by atoms with van der Waals surface area (Å²) in [6, 6.07) is 22.6. The van der Waals surface area contributed by atoms with Crippen molar-refractivity contribution in [2.24, 2.45) is 0 Å². The zero-order valence-electron chi connectivity index (χ0n) is 13.0. The Hall–Kier alpha value is -3.58. The van der Waals surface area contributed by atoms with E-state index in [-0.39, 0.29) is 21.8 Å². The number of halogens is 1. The Morgan fingerprint density at radius 2 is 1.24 bits per heavy atom. The Labute approximate surface area is 150 Å². The summed E-state index contributed by atoms with van der Waals surface area (Å²) < 4.78 is 0. The molecule has 25 heavy (non-hydrogen) atoms. The van der Waals surface area contributed by atoms with Crippen molar-refractivity contribution in [2.45, 2.75) is 0 Å². The standard InChI is InChI=1S/C21H10ClN3/c1-25-21-19(15-10-6-3-7-11-15)16(12-23)18(17(13-24)20(21)22)14-8-4-2-5-9-14/h2-11H. The summed E-state index contributed by atoms with van der Waals surface area (Å²) >= 11 is 6.40. The lowest BCUT2D eigenvalue weighted by Gasteiger charge is -2.16. The first kappa shape index (κ1) is 16.3. The van der Waals surface area contributed by atoms with Gasteiger partial charge in [0.15, 0.2) is 0 Å². The highest BCUT2D eigenvalue weighted by atomic mass is 35.5. The van der Waals surface area contributed by atoms with Crippen molar-refractivity contribution in [3.63, 3.8) is 0 Å². The highest BCUT2D eigenvalue weighted by molar-refractivity contribution is 6.36. The molecule has 0 saturated heterocycles. The van der Waals surface area contributed by atoms with Crippen LogP contribution < -0.4 is 0 Å². The van der Waals surface area contributed by atoms with Crippen LogP contribution in [0.4, 0.5) is 5.69 Å². The smallest absolute Gasteiger partial charge is 0.215 e. The molecule has 3 rings (SSSR count). The normalized spacial score (nSPS) is 9.68. The summed E-state index contributed by atoms with van der Waals surface area (Å²) in [4.78, 5) is 3.51. The predicted molar refractivity (Wildman–Crippen MR) is 98.0 cm³/mol. The van der Waals surface area contributed by atoms with E-state index in [0.29, 0.717) is 22.3 Å². The van der Waals surface area contributed by atoms with Crippen LogP contribution in [-0.4, -0.2) is 0 Å². The largest absolute Gasteiger partial charge is 0.236 e. The lowest BCUT2D eigenvalue weighted by Crippen LogP contribution is -1.96. The van der Waals surface area contributed by atoms with Crippen LogP contribution in [0.2, 0.25) is 5.02 Å². The highest BCUT2D eigenvalue weighted by Gasteiger charge is 2.25. The van der Waals surface area contributed by atoms with Crippen LogP contribution in [0.1, 0.15) is 11.1 Å². The van der Waals surface area contributed by atoms with Crippen LogP contribution in [0, 0.1) is 29.2 Å². The monoisotopic (exact) mass is 339 g/mol. The molecule has 0 aromatic heterocycles. The molecule has 0 bridgehead atoms. The fraction of sp³-hybridized carbons (Fsp3) is 0. The van der Waals surface area contributed by atoms with Gasteiger partial charge in [0.1, 0.15) is 6.07 Å². The van der Waals surface area contributed by atoms with E-state index in [0.717, 1.165) is 0 Å². The highest BCUT2D eigenvalue weighted by Crippen LogP contribution is 2.46. The molecule has 0 aliphatic carbocycles. The van der Waals surface area contributed by atoms with Crippen LogP contribution in [0.3, 0.4) is 0 Å². The zero-order valence-corrected chi connectivity index (χ0v) is 13.7. The van der Waals surface area contributed by atoms with E-state index in [1.165, 1.54) is 0 Å². The Bertz CT molecular complexity index is 988. The second-order valence-corrected chi connectivity index (χ2v) is 5.61. The van der Waals surface area contributed by atoms with Crippen LogP contribution in [-0.2, 0) is 0 Å². The molecule has 0 amide bonds. The quantitative estimate of drug-likeness (QED) is 0.540. The molecule has 3 nitrogen and oxygen atoms in total. The van der Waals surface area contributed by atoms with Crippen molar-refractivity contribution in [1.82, 2.24) is 0 Å². The second kappa shape index (κ2) is 6.90. The molecule has 0 heterocycles. The summed E-state index contributed by atoms with van der Waals surface area (Å²) in [5.74, 6) is 0. The molecule has 0 saturated carbocycles. The van der Waals surface area contributed by atoms with Crippen LogP contribution in [0.5, 0.6) is 0 Å². The molecule has 0 atom stereocenters. The molecule has 0 aliphatic rings. The second-order valence-electron chi connectivity index (χ2n) is 5.23. The summed E-state index contributed by atoms with van der Waals surface area (Å²) in [6.07, 6.45) is 0. The van der Waals surface area contributed by atoms with Crippen molar-refractivity contribution in [2.75, 3.05) is 0 Å². The maximum atomic E-state index is 9.85. The third-order valence-corrected chi connectivity index (χ3v) is 4.24. The SMILES string of the molecule is [C-]#[N+]c1c(Cl)c(C#N)c(-c2ccccc2)c(C#N)c1-c1ccccc1. The molecular formula is C21H10ClN3. The van der Waals surface area contributed by atoms with E-state index in [4.69, 9.17) is 18.2 Å². The van der Waals surface area contributed by atoms with Gasteiger partial charge in [0, 0.05) is 11.1 Å². The van der Waals surface area contributed by atoms with Gasteiger partial charge in [0.2, 0.25) is 5.69 Å². The number of benzene rings is 3. The zero-order chi connectivity index (χ0) is 17.8. The van der Waals surface area contributed by atoms with Crippen molar-refractivity contribution >= 4 is 17.3 Å². The Balaban J connectivity index is 2.54. The summed E-state index contributed by atoms with van der Waals surface area (Å²) in [6.45, 7) is 7.52. The van der Waals surface area contributed by atoms with Crippen molar-refractivity contribution in [1.29, 1.82) is 10.5 Å². The first-order valence-corrected chi connectivity index (χ1v) is 7.78. The molecule has 0 radical (unpaired) electrons. The van der Waals surface area contributed by atoms with Crippen LogP contribution in [0.25, 0.3) is 27.1 Å². The maximum Gasteiger partial charge on any atom is 0.215 e. The van der Waals surface area contributed by atoms with Gasteiger partial charge >= 0.3 is 0 Å². The van der Waals surface area contributed by atoms with Crippen LogP contribution in [0.15, 0.2) is 60.7 Å². The topological polar surface area (TPSA) is 51.9 Å². The molecule has 0 spiro atoms. The van der Waals surface area contributed by atoms with E-state index in [9.17, 15) is 10.5 Å². The molecule has 0 N–H and O–H groups in total. The van der Waals surface area contributed by atoms with Gasteiger partial charge < -0.3 is 0 Å². The third-order valence-electron chi connectivity index (χ3n) is 3.87. The molecule has 3 aromatic rings. The summed E-state index contributed by atoms with van der Waals surface area (Å²) in [7, 11) is 0. The first-order chi connectivity index (χ1) is 12.2. The molecular weight excluding hydrogens is 330 g/mol. The maximum absolute atomic E-state index is 9.85. The number of nitrogens with zero attached hydrogens (tertiary/aromatic N) is 3. The van der Waals surface area contributed by atoms with E-state index in [2.05, 4.69) is 17.0 Å². The number of nitriles is 2. The minimum atomic E-state index is 0.0780. The molecule has 0 aliphatic heterocycles. The van der Waals surface area contributed by atoms with Gasteiger partial charge in [-0.25, -0.2) is 4.85 Å². The minimum Gasteiger partial charge on any atom is -0.236 e. The Kier molecular flexibility index (Phi) is 4.49. The average molecular weight is 340 g/mol. The number of hydrogen-bond donors (Lipinski definition) is 0. The number of rotatable bonds is 2. The molecule has 4 heteroatoms. The van der Waals surface area contributed by atoms with E-state index in [1.54, 1.807) is 0 Å². The van der Waals surface area contributed by atoms with Crippen molar-refractivity contribution in [3.8, 4) is 34.4 Å². The summed E-state index contributed by atoms with van der Waals surface area (Å²) in [5, 5.41) is 19.5. The minimum absolute atomic E-state index is 0.0780. The van der Waals surface area contributed by atoms with Crippen LogP contribution >= 0.6 is 11.6 Å². The van der Waals surface area contributed by atoms with Gasteiger partial charge in [0.05, 0.1) is 28.8 Å². The van der Waals surface area contributed by atoms with E-state index in [1.807, 2.05) is 60.7 Å². The lowest BCUT2D eigenvalue weighted by atomic mass is 9.87. The van der Waals surface area contributed by atoms with Gasteiger partial charge in [-0.15, -0.1) is 0 Å². The molecule has 0 unspecified atom stereocenters. The van der Waals surface area contributed by atoms with Gasteiger partial charge in [-0.3, -0.25) is 0 Å². The predicted octanol–water partition coefficient (Wildman–Crippen LogP) is 5.97. The average Bonchev–Trinajstić information content (AvgIpc) is 2.68. The van der Waals surface area contributed by atoms with Crippen molar-refractivity contribution in [3.05, 3.63) is 88.2 Å². The fourth-order valence-electron chi connectivity index (χ4n) is 2.81. The molecule has 116 valence electrons. The Morgan fingerprint density at radius 1 is 0.760 bits per heavy atom. The first-order valence-electron chi connectivity index (χ1n) is 7.40. The van der Waals surface area contributed by atoms with E-state index >= 15 is 0 Å².